The number of aromatic nitrogens is 2. The lowest BCUT2D eigenvalue weighted by molar-refractivity contribution is 0.182. The molecule has 1 heterocycles. The monoisotopic (exact) mass is 344 g/mol. The number of ether oxygens (including phenoxy) is 1. The fourth-order valence-corrected chi connectivity index (χ4v) is 2.81. The topological polar surface area (TPSA) is 68.2 Å². The Balaban J connectivity index is 2.14. The van der Waals surface area contributed by atoms with E-state index in [2.05, 4.69) is 41.7 Å². The Morgan fingerprint density at radius 3 is 2.60 bits per heavy atom. The molecule has 0 bridgehead atoms. The van der Waals surface area contributed by atoms with Gasteiger partial charge in [-0.2, -0.15) is 5.10 Å². The largest absolute Gasteiger partial charge is 0.383 e. The Morgan fingerprint density at radius 1 is 1.20 bits per heavy atom. The van der Waals surface area contributed by atoms with E-state index in [1.807, 2.05) is 24.6 Å². The van der Waals surface area contributed by atoms with Crippen LogP contribution in [-0.2, 0) is 24.1 Å². The van der Waals surface area contributed by atoms with Gasteiger partial charge in [-0.25, -0.2) is 4.79 Å². The third-order valence-electron chi connectivity index (χ3n) is 4.34. The molecule has 136 valence electrons. The molecule has 6 heteroatoms. The lowest BCUT2D eigenvalue weighted by Gasteiger charge is -2.13. The molecule has 2 N–H and O–H groups in total. The lowest BCUT2D eigenvalue weighted by atomic mass is 10.1. The smallest absolute Gasteiger partial charge is 0.323 e. The number of carbonyl (C=O) groups excluding carboxylic acids is 1. The van der Waals surface area contributed by atoms with E-state index >= 15 is 0 Å². The molecule has 2 rings (SSSR count). The van der Waals surface area contributed by atoms with Gasteiger partial charge >= 0.3 is 6.03 Å². The highest BCUT2D eigenvalue weighted by atomic mass is 16.5. The standard InChI is InChI=1S/C19H28N4O2/c1-6-15-8-9-16(7-2)17(12-15)20-19(24)21-18-13(3)22-23(14(18)4)10-11-25-5/h8-9,12H,6-7,10-11H2,1-5H3,(H2,20,21,24). The zero-order chi connectivity index (χ0) is 18.4. The molecule has 0 aliphatic rings. The zero-order valence-corrected chi connectivity index (χ0v) is 15.8. The van der Waals surface area contributed by atoms with Crippen LogP contribution >= 0.6 is 0 Å². The molecular formula is C19H28N4O2. The van der Waals surface area contributed by atoms with Crippen LogP contribution in [0.15, 0.2) is 18.2 Å². The number of urea groups is 1. The summed E-state index contributed by atoms with van der Waals surface area (Å²) in [4.78, 5) is 12.5. The summed E-state index contributed by atoms with van der Waals surface area (Å²) in [6.45, 7) is 9.26. The Labute approximate surface area is 149 Å². The molecule has 25 heavy (non-hydrogen) atoms. The Bertz CT molecular complexity index is 737. The minimum absolute atomic E-state index is 0.250. The number of nitrogens with one attached hydrogen (secondary N) is 2. The van der Waals surface area contributed by atoms with Crippen molar-refractivity contribution in [3.8, 4) is 0 Å². The van der Waals surface area contributed by atoms with Crippen LogP contribution in [0.5, 0.6) is 0 Å². The van der Waals surface area contributed by atoms with Crippen LogP contribution in [0.2, 0.25) is 0 Å². The predicted molar refractivity (Wildman–Crippen MR) is 101 cm³/mol. The molecule has 1 aromatic carbocycles. The molecular weight excluding hydrogens is 316 g/mol. The molecule has 6 nitrogen and oxygen atoms in total. The molecule has 0 saturated carbocycles. The van der Waals surface area contributed by atoms with Crippen molar-refractivity contribution in [1.82, 2.24) is 9.78 Å². The number of benzene rings is 1. The van der Waals surface area contributed by atoms with E-state index in [-0.39, 0.29) is 6.03 Å². The highest BCUT2D eigenvalue weighted by Gasteiger charge is 2.15. The normalized spacial score (nSPS) is 10.8. The minimum atomic E-state index is -0.250. The van der Waals surface area contributed by atoms with Crippen LogP contribution in [0.1, 0.15) is 36.4 Å². The van der Waals surface area contributed by atoms with Gasteiger partial charge in [0.05, 0.1) is 30.2 Å². The van der Waals surface area contributed by atoms with Gasteiger partial charge in [-0.15, -0.1) is 0 Å². The molecule has 0 saturated heterocycles. The molecule has 2 aromatic rings. The van der Waals surface area contributed by atoms with Crippen LogP contribution in [0.4, 0.5) is 16.2 Å². The molecule has 0 aliphatic carbocycles. The van der Waals surface area contributed by atoms with Gasteiger partial charge < -0.3 is 15.4 Å². The van der Waals surface area contributed by atoms with Crippen LogP contribution in [0.25, 0.3) is 0 Å². The number of amides is 2. The maximum Gasteiger partial charge on any atom is 0.323 e. The van der Waals surface area contributed by atoms with Crippen molar-refractivity contribution in [3.63, 3.8) is 0 Å². The predicted octanol–water partition coefficient (Wildman–Crippen LogP) is 3.92. The zero-order valence-electron chi connectivity index (χ0n) is 15.8. The van der Waals surface area contributed by atoms with Crippen molar-refractivity contribution in [1.29, 1.82) is 0 Å². The summed E-state index contributed by atoms with van der Waals surface area (Å²) in [5, 5.41) is 10.4. The fraction of sp³-hybridized carbons (Fsp3) is 0.474. The van der Waals surface area contributed by atoms with Crippen molar-refractivity contribution >= 4 is 17.4 Å². The summed E-state index contributed by atoms with van der Waals surface area (Å²) in [7, 11) is 1.66. The van der Waals surface area contributed by atoms with E-state index in [0.29, 0.717) is 13.2 Å². The van der Waals surface area contributed by atoms with Crippen LogP contribution in [0.3, 0.4) is 0 Å². The maximum absolute atomic E-state index is 12.5. The summed E-state index contributed by atoms with van der Waals surface area (Å²) in [6.07, 6.45) is 1.80. The lowest BCUT2D eigenvalue weighted by Crippen LogP contribution is -2.21. The second kappa shape index (κ2) is 8.67. The van der Waals surface area contributed by atoms with E-state index in [1.165, 1.54) is 5.56 Å². The first-order valence-corrected chi connectivity index (χ1v) is 8.72. The molecule has 0 atom stereocenters. The first-order valence-electron chi connectivity index (χ1n) is 8.72. The van der Waals surface area contributed by atoms with Gasteiger partial charge in [-0.1, -0.05) is 26.0 Å². The van der Waals surface area contributed by atoms with E-state index in [1.54, 1.807) is 7.11 Å². The summed E-state index contributed by atoms with van der Waals surface area (Å²) in [5.74, 6) is 0. The summed E-state index contributed by atoms with van der Waals surface area (Å²) >= 11 is 0. The van der Waals surface area contributed by atoms with Gasteiger partial charge in [-0.3, -0.25) is 4.68 Å². The summed E-state index contributed by atoms with van der Waals surface area (Å²) in [5.41, 5.74) is 5.65. The van der Waals surface area contributed by atoms with Gasteiger partial charge in [-0.05, 0) is 43.9 Å². The van der Waals surface area contributed by atoms with Gasteiger partial charge in [0.1, 0.15) is 0 Å². The third kappa shape index (κ3) is 4.60. The van der Waals surface area contributed by atoms with E-state index < -0.39 is 0 Å². The minimum Gasteiger partial charge on any atom is -0.383 e. The van der Waals surface area contributed by atoms with Crippen LogP contribution in [-0.4, -0.2) is 29.5 Å². The summed E-state index contributed by atoms with van der Waals surface area (Å²) < 4.78 is 6.95. The number of methoxy groups -OCH3 is 1. The van der Waals surface area contributed by atoms with Crippen molar-refractivity contribution in [3.05, 3.63) is 40.7 Å². The second-order valence-corrected chi connectivity index (χ2v) is 6.04. The van der Waals surface area contributed by atoms with Crippen molar-refractivity contribution in [2.45, 2.75) is 47.1 Å². The molecule has 1 aromatic heterocycles. The second-order valence-electron chi connectivity index (χ2n) is 6.04. The van der Waals surface area contributed by atoms with E-state index in [9.17, 15) is 4.79 Å². The van der Waals surface area contributed by atoms with E-state index in [4.69, 9.17) is 4.74 Å². The van der Waals surface area contributed by atoms with Crippen molar-refractivity contribution in [2.24, 2.45) is 0 Å². The third-order valence-corrected chi connectivity index (χ3v) is 4.34. The first-order chi connectivity index (χ1) is 12.0. The average Bonchev–Trinajstić information content (AvgIpc) is 2.87. The number of aryl methyl sites for hydroxylation is 3. The molecule has 0 radical (unpaired) electrons. The Morgan fingerprint density at radius 2 is 1.96 bits per heavy atom. The van der Waals surface area contributed by atoms with Crippen LogP contribution < -0.4 is 10.6 Å². The van der Waals surface area contributed by atoms with Crippen molar-refractivity contribution < 1.29 is 9.53 Å². The van der Waals surface area contributed by atoms with Crippen LogP contribution in [0, 0.1) is 13.8 Å². The quantitative estimate of drug-likeness (QED) is 0.800. The number of hydrogen-bond donors (Lipinski definition) is 2. The molecule has 0 fully saturated rings. The van der Waals surface area contributed by atoms with Gasteiger partial charge in [0.25, 0.3) is 0 Å². The Hall–Kier alpha value is -2.34. The molecule has 0 unspecified atom stereocenters. The highest BCUT2D eigenvalue weighted by molar-refractivity contribution is 6.01. The van der Waals surface area contributed by atoms with Crippen molar-refractivity contribution in [2.75, 3.05) is 24.4 Å². The molecule has 0 aliphatic heterocycles. The number of hydrogen-bond acceptors (Lipinski definition) is 3. The SMILES string of the molecule is CCc1ccc(CC)c(NC(=O)Nc2c(C)nn(CCOC)c2C)c1. The molecule has 2 amide bonds. The summed E-state index contributed by atoms with van der Waals surface area (Å²) in [6, 6.07) is 5.98. The first kappa shape index (κ1) is 19.0. The number of nitrogens with zero attached hydrogens (tertiary/aromatic N) is 2. The van der Waals surface area contributed by atoms with E-state index in [0.717, 1.165) is 41.2 Å². The number of rotatable bonds is 7. The van der Waals surface area contributed by atoms with Gasteiger partial charge in [0.2, 0.25) is 0 Å². The van der Waals surface area contributed by atoms with Gasteiger partial charge in [0, 0.05) is 12.8 Å². The number of anilines is 2. The average molecular weight is 344 g/mol. The fourth-order valence-electron chi connectivity index (χ4n) is 2.81. The number of carbonyl (C=O) groups is 1. The highest BCUT2D eigenvalue weighted by Crippen LogP contribution is 2.22. The van der Waals surface area contributed by atoms with Gasteiger partial charge in [0.15, 0.2) is 0 Å². The Kier molecular flexibility index (Phi) is 6.58. The molecule has 0 spiro atoms. The maximum atomic E-state index is 12.5.